The fourth-order valence-electron chi connectivity index (χ4n) is 7.33. The normalized spacial score (nSPS) is 25.4. The van der Waals surface area contributed by atoms with Gasteiger partial charge in [0, 0.05) is 60.8 Å². The highest BCUT2D eigenvalue weighted by Crippen LogP contribution is 2.42. The lowest BCUT2D eigenvalue weighted by molar-refractivity contribution is -0.137. The van der Waals surface area contributed by atoms with E-state index in [0.29, 0.717) is 42.5 Å². The van der Waals surface area contributed by atoms with Gasteiger partial charge in [-0.1, -0.05) is 0 Å². The summed E-state index contributed by atoms with van der Waals surface area (Å²) in [4.78, 5) is 39.0. The molecule has 45 heavy (non-hydrogen) atoms. The number of halogens is 3. The average Bonchev–Trinajstić information content (AvgIpc) is 3.67. The molecule has 1 aliphatic carbocycles. The van der Waals surface area contributed by atoms with Gasteiger partial charge in [0.25, 0.3) is 0 Å². The van der Waals surface area contributed by atoms with Crippen molar-refractivity contribution in [3.63, 3.8) is 0 Å². The van der Waals surface area contributed by atoms with Gasteiger partial charge in [0.2, 0.25) is 5.91 Å². The number of aliphatic hydroxyl groups is 1. The maximum atomic E-state index is 13.3. The number of nitrogens with zero attached hydrogens (tertiary/aromatic N) is 7. The van der Waals surface area contributed by atoms with Gasteiger partial charge in [-0.05, 0) is 74.9 Å². The number of carbonyl (C=O) groups excluding carboxylic acids is 1. The Labute approximate surface area is 257 Å². The molecule has 2 saturated heterocycles. The third kappa shape index (κ3) is 5.70. The van der Waals surface area contributed by atoms with E-state index in [0.717, 1.165) is 49.9 Å². The molecule has 1 aromatic carbocycles. The highest BCUT2D eigenvalue weighted by molar-refractivity contribution is 5.91. The first-order chi connectivity index (χ1) is 21.7. The summed E-state index contributed by atoms with van der Waals surface area (Å²) >= 11 is 0. The SMILES string of the molecule is O=C(CNc1ncnc2ccc(C(F)(F)F)cc12)N1CC[C@@H]2[C@H]1CCN2C1CCC(O)(c2ccc(-c3ncccn3)cn2)CC1. The quantitative estimate of drug-likeness (QED) is 0.324. The van der Waals surface area contributed by atoms with E-state index in [1.807, 2.05) is 17.0 Å². The van der Waals surface area contributed by atoms with Crippen molar-refractivity contribution < 1.29 is 23.1 Å². The van der Waals surface area contributed by atoms with Gasteiger partial charge in [-0.15, -0.1) is 0 Å². The van der Waals surface area contributed by atoms with Crippen LogP contribution in [0.2, 0.25) is 0 Å². The van der Waals surface area contributed by atoms with E-state index in [1.54, 1.807) is 24.7 Å². The molecule has 0 radical (unpaired) electrons. The number of likely N-dealkylation sites (tertiary alicyclic amines) is 2. The first kappa shape index (κ1) is 29.5. The molecule has 4 aromatic rings. The molecule has 0 unspecified atom stereocenters. The van der Waals surface area contributed by atoms with Crippen LogP contribution in [0.25, 0.3) is 22.3 Å². The van der Waals surface area contributed by atoms with Crippen LogP contribution in [0.3, 0.4) is 0 Å². The monoisotopic (exact) mass is 618 g/mol. The molecule has 3 aromatic heterocycles. The van der Waals surface area contributed by atoms with E-state index in [9.17, 15) is 23.1 Å². The van der Waals surface area contributed by atoms with Crippen LogP contribution in [0, 0.1) is 0 Å². The molecular formula is C32H33F3N8O2. The minimum Gasteiger partial charge on any atom is -0.384 e. The third-order valence-electron chi connectivity index (χ3n) is 9.62. The van der Waals surface area contributed by atoms with Gasteiger partial charge < -0.3 is 15.3 Å². The predicted octanol–water partition coefficient (Wildman–Crippen LogP) is 4.42. The maximum Gasteiger partial charge on any atom is 0.416 e. The second-order valence-corrected chi connectivity index (χ2v) is 12.1. The van der Waals surface area contributed by atoms with Gasteiger partial charge in [-0.2, -0.15) is 13.2 Å². The van der Waals surface area contributed by atoms with Crippen molar-refractivity contribution in [2.45, 2.75) is 68.4 Å². The lowest BCUT2D eigenvalue weighted by Crippen LogP contribution is -2.47. The van der Waals surface area contributed by atoms with E-state index in [-0.39, 0.29) is 35.7 Å². The molecule has 1 saturated carbocycles. The zero-order chi connectivity index (χ0) is 31.2. The van der Waals surface area contributed by atoms with Crippen LogP contribution < -0.4 is 5.32 Å². The third-order valence-corrected chi connectivity index (χ3v) is 9.62. The van der Waals surface area contributed by atoms with Gasteiger partial charge in [0.05, 0.1) is 23.3 Å². The summed E-state index contributed by atoms with van der Waals surface area (Å²) in [5, 5.41) is 14.7. The Hall–Kier alpha value is -4.23. The van der Waals surface area contributed by atoms with Crippen LogP contribution in [0.1, 0.15) is 49.8 Å². The number of hydrogen-bond acceptors (Lipinski definition) is 9. The molecule has 234 valence electrons. The summed E-state index contributed by atoms with van der Waals surface area (Å²) in [6.07, 6.45) is 6.49. The number of anilines is 1. The van der Waals surface area contributed by atoms with Crippen LogP contribution in [-0.4, -0.2) is 83.5 Å². The summed E-state index contributed by atoms with van der Waals surface area (Å²) in [6, 6.07) is 9.51. The Kier molecular flexibility index (Phi) is 7.60. The highest BCUT2D eigenvalue weighted by Gasteiger charge is 2.48. The van der Waals surface area contributed by atoms with Crippen molar-refractivity contribution in [3.8, 4) is 11.4 Å². The van der Waals surface area contributed by atoms with Crippen LogP contribution in [0.15, 0.2) is 61.3 Å². The lowest BCUT2D eigenvalue weighted by atomic mass is 9.79. The Morgan fingerprint density at radius 1 is 0.956 bits per heavy atom. The molecule has 2 N–H and O–H groups in total. The van der Waals surface area contributed by atoms with Gasteiger partial charge in [0.1, 0.15) is 17.7 Å². The first-order valence-corrected chi connectivity index (χ1v) is 15.3. The maximum absolute atomic E-state index is 13.3. The summed E-state index contributed by atoms with van der Waals surface area (Å²) in [5.74, 6) is 0.699. The fourth-order valence-corrected chi connectivity index (χ4v) is 7.33. The molecule has 3 aliphatic rings. The molecule has 1 amide bonds. The highest BCUT2D eigenvalue weighted by atomic mass is 19.4. The van der Waals surface area contributed by atoms with Crippen molar-refractivity contribution in [1.82, 2.24) is 34.7 Å². The first-order valence-electron chi connectivity index (χ1n) is 15.3. The van der Waals surface area contributed by atoms with E-state index < -0.39 is 17.3 Å². The van der Waals surface area contributed by atoms with Crippen molar-refractivity contribution in [2.24, 2.45) is 0 Å². The molecule has 5 heterocycles. The summed E-state index contributed by atoms with van der Waals surface area (Å²) in [7, 11) is 0. The van der Waals surface area contributed by atoms with Crippen LogP contribution in [0.5, 0.6) is 0 Å². The zero-order valence-corrected chi connectivity index (χ0v) is 24.5. The van der Waals surface area contributed by atoms with Gasteiger partial charge in [-0.3, -0.25) is 14.7 Å². The number of hydrogen-bond donors (Lipinski definition) is 2. The van der Waals surface area contributed by atoms with E-state index in [4.69, 9.17) is 0 Å². The van der Waals surface area contributed by atoms with Gasteiger partial charge in [-0.25, -0.2) is 19.9 Å². The number of amides is 1. The number of alkyl halides is 3. The van der Waals surface area contributed by atoms with Crippen molar-refractivity contribution in [1.29, 1.82) is 0 Å². The second kappa shape index (κ2) is 11.6. The van der Waals surface area contributed by atoms with Crippen molar-refractivity contribution in [3.05, 3.63) is 72.6 Å². The topological polar surface area (TPSA) is 120 Å². The zero-order valence-electron chi connectivity index (χ0n) is 24.5. The fraction of sp³-hybridized carbons (Fsp3) is 0.438. The molecule has 0 bridgehead atoms. The minimum atomic E-state index is -4.49. The standard InChI is InChI=1S/C32H33F3N8O2/c33-32(34,35)21-3-4-24-23(16-21)30(41-19-40-24)39-18-28(44)43-15-9-25-26(43)8-14-42(25)22-6-10-31(45,11-7-22)27-5-2-20(17-38-27)29-36-12-1-13-37-29/h1-5,12-13,16-17,19,22,25-26,45H,6-11,14-15,18H2,(H,39,40,41)/t22?,25-,26-,31?/m1/s1. The van der Waals surface area contributed by atoms with Crippen LogP contribution in [0.4, 0.5) is 19.0 Å². The van der Waals surface area contributed by atoms with Gasteiger partial charge >= 0.3 is 6.18 Å². The van der Waals surface area contributed by atoms with Crippen molar-refractivity contribution in [2.75, 3.05) is 25.0 Å². The molecule has 3 fully saturated rings. The Balaban J connectivity index is 0.957. The Morgan fingerprint density at radius 3 is 2.47 bits per heavy atom. The average molecular weight is 619 g/mol. The lowest BCUT2D eigenvalue weighted by Gasteiger charge is -2.41. The minimum absolute atomic E-state index is 0.0653. The number of carbonyl (C=O) groups is 1. The van der Waals surface area contributed by atoms with E-state index >= 15 is 0 Å². The molecular weight excluding hydrogens is 585 g/mol. The summed E-state index contributed by atoms with van der Waals surface area (Å²) in [5.41, 5.74) is 0.0595. The Morgan fingerprint density at radius 2 is 1.73 bits per heavy atom. The molecule has 10 nitrogen and oxygen atoms in total. The Bertz CT molecular complexity index is 1680. The number of pyridine rings is 1. The second-order valence-electron chi connectivity index (χ2n) is 12.1. The number of fused-ring (bicyclic) bond motifs is 2. The molecule has 7 rings (SSSR count). The summed E-state index contributed by atoms with van der Waals surface area (Å²) < 4.78 is 39.9. The van der Waals surface area contributed by atoms with Crippen molar-refractivity contribution >= 4 is 22.6 Å². The predicted molar refractivity (Wildman–Crippen MR) is 160 cm³/mol. The number of rotatable bonds is 6. The molecule has 2 aliphatic heterocycles. The largest absolute Gasteiger partial charge is 0.416 e. The molecule has 2 atom stereocenters. The molecule has 13 heteroatoms. The number of aromatic nitrogens is 5. The van der Waals surface area contributed by atoms with Crippen LogP contribution >= 0.6 is 0 Å². The van der Waals surface area contributed by atoms with E-state index in [2.05, 4.69) is 35.1 Å². The van der Waals surface area contributed by atoms with E-state index in [1.165, 1.54) is 12.4 Å². The number of nitrogens with one attached hydrogen (secondary N) is 1. The smallest absolute Gasteiger partial charge is 0.384 e. The number of benzene rings is 1. The van der Waals surface area contributed by atoms with Gasteiger partial charge in [0.15, 0.2) is 5.82 Å². The summed E-state index contributed by atoms with van der Waals surface area (Å²) in [6.45, 7) is 1.45. The molecule has 0 spiro atoms. The van der Waals surface area contributed by atoms with Crippen LogP contribution in [-0.2, 0) is 16.6 Å².